The summed E-state index contributed by atoms with van der Waals surface area (Å²) in [6.07, 6.45) is -1.04. The van der Waals surface area contributed by atoms with Gasteiger partial charge in [0.2, 0.25) is 5.69 Å². The minimum absolute atomic E-state index is 0.0308. The average molecular weight is 898 g/mol. The lowest BCUT2D eigenvalue weighted by atomic mass is 9.92. The SMILES string of the molecule is [C-]#[N+]c1c(-n2c3ccccc3c3cc(-c4ccnc(-c5ccccc5)c4)ccc32)ccc(-c2c(C)cccc2C(F)(F)F)c1-n1c2ccccc2c2cc(-c3ccnc(-c4ccccc4)c3)ccc21. The van der Waals surface area contributed by atoms with Crippen molar-refractivity contribution in [1.82, 2.24) is 19.1 Å². The van der Waals surface area contributed by atoms with Gasteiger partial charge in [-0.15, -0.1) is 0 Å². The molecule has 8 aromatic carbocycles. The lowest BCUT2D eigenvalue weighted by Gasteiger charge is -2.23. The molecule has 8 heteroatoms. The molecular weight excluding hydrogens is 860 g/mol. The number of fused-ring (bicyclic) bond motifs is 6. The highest BCUT2D eigenvalue weighted by Gasteiger charge is 2.36. The number of alkyl halides is 3. The van der Waals surface area contributed by atoms with Crippen LogP contribution in [0.15, 0.2) is 213 Å². The number of benzene rings is 8. The van der Waals surface area contributed by atoms with E-state index in [4.69, 9.17) is 6.57 Å². The van der Waals surface area contributed by atoms with Gasteiger partial charge in [-0.2, -0.15) is 13.2 Å². The predicted octanol–water partition coefficient (Wildman–Crippen LogP) is 16.9. The molecule has 0 unspecified atom stereocenters. The van der Waals surface area contributed by atoms with Gasteiger partial charge in [-0.05, 0) is 119 Å². The van der Waals surface area contributed by atoms with E-state index in [0.29, 0.717) is 22.5 Å². The molecule has 12 aromatic rings. The summed E-state index contributed by atoms with van der Waals surface area (Å²) in [7, 11) is 0. The van der Waals surface area contributed by atoms with E-state index in [-0.39, 0.29) is 11.3 Å². The van der Waals surface area contributed by atoms with Crippen molar-refractivity contribution >= 4 is 49.3 Å². The third-order valence-corrected chi connectivity index (χ3v) is 13.2. The fourth-order valence-electron chi connectivity index (χ4n) is 10.1. The Labute approximate surface area is 395 Å². The monoisotopic (exact) mass is 897 g/mol. The second-order valence-electron chi connectivity index (χ2n) is 17.2. The zero-order chi connectivity index (χ0) is 46.8. The molecule has 0 radical (unpaired) electrons. The molecule has 0 aliphatic heterocycles. The van der Waals surface area contributed by atoms with Crippen molar-refractivity contribution in [3.05, 3.63) is 235 Å². The van der Waals surface area contributed by atoms with Gasteiger partial charge in [-0.1, -0.05) is 127 Å². The van der Waals surface area contributed by atoms with Gasteiger partial charge < -0.3 is 9.13 Å². The van der Waals surface area contributed by atoms with E-state index in [1.54, 1.807) is 19.1 Å². The Morgan fingerprint density at radius 2 is 0.942 bits per heavy atom. The molecule has 0 bridgehead atoms. The third kappa shape index (κ3) is 6.94. The molecule has 4 heterocycles. The van der Waals surface area contributed by atoms with Crippen LogP contribution in [0.25, 0.3) is 116 Å². The van der Waals surface area contributed by atoms with Crippen LogP contribution in [0.4, 0.5) is 18.9 Å². The lowest BCUT2D eigenvalue weighted by Crippen LogP contribution is -2.10. The molecule has 69 heavy (non-hydrogen) atoms. The lowest BCUT2D eigenvalue weighted by molar-refractivity contribution is -0.137. The Kier molecular flexibility index (Phi) is 9.82. The van der Waals surface area contributed by atoms with Gasteiger partial charge in [0.15, 0.2) is 0 Å². The highest BCUT2D eigenvalue weighted by atomic mass is 19.4. The van der Waals surface area contributed by atoms with Gasteiger partial charge in [0.05, 0.1) is 57.0 Å². The summed E-state index contributed by atoms with van der Waals surface area (Å²) in [5.74, 6) is 0. The fraction of sp³-hybridized carbons (Fsp3) is 0.0328. The maximum atomic E-state index is 15.3. The predicted molar refractivity (Wildman–Crippen MR) is 274 cm³/mol. The van der Waals surface area contributed by atoms with E-state index in [9.17, 15) is 0 Å². The quantitative estimate of drug-likeness (QED) is 0.150. The smallest absolute Gasteiger partial charge is 0.319 e. The molecule has 328 valence electrons. The third-order valence-electron chi connectivity index (χ3n) is 13.2. The summed E-state index contributed by atoms with van der Waals surface area (Å²) in [5, 5.41) is 3.74. The van der Waals surface area contributed by atoms with Crippen LogP contribution in [-0.4, -0.2) is 19.1 Å². The molecule has 0 saturated heterocycles. The molecule has 0 saturated carbocycles. The summed E-state index contributed by atoms with van der Waals surface area (Å²) in [5.41, 5.74) is 12.0. The molecule has 5 nitrogen and oxygen atoms in total. The van der Waals surface area contributed by atoms with Crippen LogP contribution in [0.5, 0.6) is 0 Å². The first kappa shape index (κ1) is 41.4. The number of hydrogen-bond donors (Lipinski definition) is 0. The fourth-order valence-corrected chi connectivity index (χ4v) is 10.1. The molecule has 0 fully saturated rings. The molecule has 0 atom stereocenters. The van der Waals surface area contributed by atoms with Crippen molar-refractivity contribution in [2.45, 2.75) is 13.1 Å². The molecule has 0 spiro atoms. The summed E-state index contributed by atoms with van der Waals surface area (Å²) >= 11 is 0. The summed E-state index contributed by atoms with van der Waals surface area (Å²) in [6, 6.07) is 64.6. The molecule has 0 amide bonds. The number of rotatable bonds is 7. The highest BCUT2D eigenvalue weighted by molar-refractivity contribution is 6.14. The largest absolute Gasteiger partial charge is 0.417 e. The molecule has 4 aromatic heterocycles. The van der Waals surface area contributed by atoms with E-state index in [2.05, 4.69) is 61.8 Å². The van der Waals surface area contributed by atoms with Crippen LogP contribution in [0, 0.1) is 13.5 Å². The first-order valence-electron chi connectivity index (χ1n) is 22.6. The van der Waals surface area contributed by atoms with Crippen molar-refractivity contribution in [3.8, 4) is 67.3 Å². The molecular formula is C61H38F3N5. The van der Waals surface area contributed by atoms with Crippen molar-refractivity contribution in [1.29, 1.82) is 0 Å². The first-order valence-corrected chi connectivity index (χ1v) is 22.6. The van der Waals surface area contributed by atoms with Crippen molar-refractivity contribution in [2.24, 2.45) is 0 Å². The van der Waals surface area contributed by atoms with Crippen LogP contribution >= 0.6 is 0 Å². The van der Waals surface area contributed by atoms with Gasteiger partial charge >= 0.3 is 6.18 Å². The van der Waals surface area contributed by atoms with Crippen LogP contribution in [0.3, 0.4) is 0 Å². The summed E-state index contributed by atoms with van der Waals surface area (Å²) < 4.78 is 49.8. The highest BCUT2D eigenvalue weighted by Crippen LogP contribution is 2.49. The molecule has 0 aliphatic carbocycles. The number of pyridine rings is 2. The van der Waals surface area contributed by atoms with Crippen LogP contribution in [0.1, 0.15) is 11.1 Å². The Morgan fingerprint density at radius 3 is 1.49 bits per heavy atom. The molecule has 0 N–H and O–H groups in total. The normalized spacial score (nSPS) is 11.8. The number of nitrogens with zero attached hydrogens (tertiary/aromatic N) is 5. The van der Waals surface area contributed by atoms with E-state index < -0.39 is 11.7 Å². The van der Waals surface area contributed by atoms with Gasteiger partial charge in [0, 0.05) is 45.1 Å². The Morgan fingerprint density at radius 1 is 0.449 bits per heavy atom. The Hall–Kier alpha value is -9.06. The number of halogens is 3. The number of aryl methyl sites for hydroxylation is 1. The first-order chi connectivity index (χ1) is 33.7. The van der Waals surface area contributed by atoms with Gasteiger partial charge in [-0.25, -0.2) is 4.85 Å². The van der Waals surface area contributed by atoms with E-state index in [0.717, 1.165) is 94.4 Å². The molecule has 0 aliphatic rings. The van der Waals surface area contributed by atoms with Crippen molar-refractivity contribution < 1.29 is 13.2 Å². The standard InChI is InChI=1S/C61H38F3N5/c1-38-14-13-21-50(61(62,63)64)58(38)47-26-29-57(68-53-22-11-9-19-45(53)48-34-41(24-27-55(48)68)43-30-32-66-51(36-43)39-15-5-3-6-16-39)59(65-2)60(47)69-54-23-12-10-20-46(54)49-35-42(25-28-56(49)69)44-31-33-67-52(37-44)40-17-7-4-8-18-40/h3-37H,1H3. The maximum Gasteiger partial charge on any atom is 0.417 e. The Balaban J connectivity index is 1.12. The second kappa shape index (κ2) is 16.4. The van der Waals surface area contributed by atoms with E-state index in [1.807, 2.05) is 150 Å². The number of para-hydroxylation sites is 2. The van der Waals surface area contributed by atoms with Crippen LogP contribution in [-0.2, 0) is 6.18 Å². The van der Waals surface area contributed by atoms with Crippen LogP contribution < -0.4 is 0 Å². The van der Waals surface area contributed by atoms with Gasteiger partial charge in [0.1, 0.15) is 0 Å². The maximum absolute atomic E-state index is 15.3. The van der Waals surface area contributed by atoms with Crippen LogP contribution in [0.2, 0.25) is 0 Å². The summed E-state index contributed by atoms with van der Waals surface area (Å²) in [6.45, 7) is 10.8. The second-order valence-corrected chi connectivity index (χ2v) is 17.2. The van der Waals surface area contributed by atoms with E-state index in [1.165, 1.54) is 6.07 Å². The van der Waals surface area contributed by atoms with Crippen molar-refractivity contribution in [3.63, 3.8) is 0 Å². The zero-order valence-electron chi connectivity index (χ0n) is 37.1. The van der Waals surface area contributed by atoms with Crippen molar-refractivity contribution in [2.75, 3.05) is 0 Å². The number of hydrogen-bond acceptors (Lipinski definition) is 2. The van der Waals surface area contributed by atoms with E-state index >= 15 is 13.2 Å². The topological polar surface area (TPSA) is 40.0 Å². The minimum Gasteiger partial charge on any atom is -0.319 e. The Bertz CT molecular complexity index is 4030. The van der Waals surface area contributed by atoms with Gasteiger partial charge in [-0.3, -0.25) is 9.97 Å². The minimum atomic E-state index is -4.67. The average Bonchev–Trinajstić information content (AvgIpc) is 3.90. The summed E-state index contributed by atoms with van der Waals surface area (Å²) in [4.78, 5) is 13.7. The zero-order valence-corrected chi connectivity index (χ0v) is 37.1. The number of aromatic nitrogens is 4. The molecule has 12 rings (SSSR count). The van der Waals surface area contributed by atoms with Gasteiger partial charge in [0.25, 0.3) is 0 Å².